The number of hydrogen-bond acceptors (Lipinski definition) is 2. The first-order chi connectivity index (χ1) is 12.1. The number of likely N-dealkylation sites (tertiary alicyclic amines) is 1. The molecule has 25 heavy (non-hydrogen) atoms. The van der Waals surface area contributed by atoms with Crippen LogP contribution in [0.1, 0.15) is 37.2 Å². The van der Waals surface area contributed by atoms with E-state index in [-0.39, 0.29) is 17.8 Å². The second kappa shape index (κ2) is 6.31. The summed E-state index contributed by atoms with van der Waals surface area (Å²) in [5.74, 6) is 0.685. The molecule has 3 aromatic rings. The third kappa shape index (κ3) is 2.80. The molecule has 0 radical (unpaired) electrons. The molecule has 4 rings (SSSR count). The van der Waals surface area contributed by atoms with Gasteiger partial charge in [-0.3, -0.25) is 4.79 Å². The highest BCUT2D eigenvalue weighted by molar-refractivity contribution is 5.77. The molecule has 1 amide bonds. The fourth-order valence-corrected chi connectivity index (χ4v) is 3.72. The van der Waals surface area contributed by atoms with Crippen molar-refractivity contribution in [1.29, 1.82) is 0 Å². The van der Waals surface area contributed by atoms with Crippen LogP contribution in [0.3, 0.4) is 0 Å². The topological polar surface area (TPSA) is 38.1 Å². The lowest BCUT2D eigenvalue weighted by molar-refractivity contribution is -0.129. The minimum atomic E-state index is -0.221. The highest BCUT2D eigenvalue weighted by Gasteiger charge is 2.32. The van der Waals surface area contributed by atoms with Gasteiger partial charge in [0.25, 0.3) is 0 Å². The van der Waals surface area contributed by atoms with E-state index in [9.17, 15) is 9.18 Å². The van der Waals surface area contributed by atoms with Crippen LogP contribution < -0.4 is 0 Å². The quantitative estimate of drug-likeness (QED) is 0.727. The Morgan fingerprint density at radius 1 is 1.20 bits per heavy atom. The fraction of sp³-hybridized carbons (Fsp3) is 0.300. The molecular formula is C20H20FN3O. The van der Waals surface area contributed by atoms with Gasteiger partial charge >= 0.3 is 0 Å². The molecule has 0 N–H and O–H groups in total. The first kappa shape index (κ1) is 15.8. The van der Waals surface area contributed by atoms with E-state index in [0.717, 1.165) is 36.2 Å². The molecule has 2 heterocycles. The average molecular weight is 337 g/mol. The number of fused-ring (bicyclic) bond motifs is 1. The number of imidazole rings is 1. The smallest absolute Gasteiger partial charge is 0.220 e. The zero-order valence-electron chi connectivity index (χ0n) is 14.2. The van der Waals surface area contributed by atoms with Gasteiger partial charge in [0.15, 0.2) is 0 Å². The van der Waals surface area contributed by atoms with Crippen molar-refractivity contribution in [3.8, 4) is 0 Å². The maximum atomic E-state index is 14.2. The van der Waals surface area contributed by atoms with Crippen LogP contribution in [0.5, 0.6) is 0 Å². The Hall–Kier alpha value is -2.69. The summed E-state index contributed by atoms with van der Waals surface area (Å²) in [7, 11) is 0. The second-order valence-corrected chi connectivity index (χ2v) is 6.51. The minimum absolute atomic E-state index is 0.0447. The average Bonchev–Trinajstić information content (AvgIpc) is 3.22. The van der Waals surface area contributed by atoms with Crippen molar-refractivity contribution >= 4 is 16.9 Å². The monoisotopic (exact) mass is 337 g/mol. The van der Waals surface area contributed by atoms with E-state index >= 15 is 0 Å². The van der Waals surface area contributed by atoms with Gasteiger partial charge in [-0.2, -0.15) is 0 Å². The first-order valence-electron chi connectivity index (χ1n) is 8.61. The number of benzene rings is 2. The van der Waals surface area contributed by atoms with Crippen molar-refractivity contribution < 1.29 is 9.18 Å². The van der Waals surface area contributed by atoms with Crippen LogP contribution in [0, 0.1) is 5.82 Å². The molecule has 2 aromatic carbocycles. The van der Waals surface area contributed by atoms with Crippen LogP contribution in [0.4, 0.5) is 4.39 Å². The predicted octanol–water partition coefficient (Wildman–Crippen LogP) is 3.91. The Morgan fingerprint density at radius 2 is 1.96 bits per heavy atom. The van der Waals surface area contributed by atoms with Gasteiger partial charge < -0.3 is 9.47 Å². The van der Waals surface area contributed by atoms with Crippen LogP contribution in [0.25, 0.3) is 11.0 Å². The van der Waals surface area contributed by atoms with E-state index < -0.39 is 0 Å². The highest BCUT2D eigenvalue weighted by atomic mass is 19.1. The van der Waals surface area contributed by atoms with E-state index in [0.29, 0.717) is 12.1 Å². The lowest BCUT2D eigenvalue weighted by Crippen LogP contribution is -2.30. The molecule has 4 nitrogen and oxygen atoms in total. The molecular weight excluding hydrogens is 317 g/mol. The number of hydrogen-bond donors (Lipinski definition) is 0. The molecule has 0 saturated carbocycles. The Labute approximate surface area is 145 Å². The summed E-state index contributed by atoms with van der Waals surface area (Å²) in [6, 6.07) is 14.6. The Balaban J connectivity index is 1.84. The summed E-state index contributed by atoms with van der Waals surface area (Å²) in [6.07, 6.45) is 1.85. The van der Waals surface area contributed by atoms with E-state index in [1.165, 1.54) is 6.07 Å². The molecule has 0 unspecified atom stereocenters. The molecule has 1 fully saturated rings. The van der Waals surface area contributed by atoms with E-state index in [4.69, 9.17) is 4.98 Å². The highest BCUT2D eigenvalue weighted by Crippen LogP contribution is 2.34. The van der Waals surface area contributed by atoms with Crippen LogP contribution >= 0.6 is 0 Å². The standard InChI is InChI=1S/C20H20FN3O/c1-14(25)23-12-6-11-19(23)20-22-17-9-4-5-10-18(17)24(20)13-15-7-2-3-8-16(15)21/h2-5,7-10,19H,6,11-13H2,1H3/t19-/m1/s1. The van der Waals surface area contributed by atoms with Gasteiger partial charge in [-0.05, 0) is 31.0 Å². The van der Waals surface area contributed by atoms with Gasteiger partial charge in [0.1, 0.15) is 11.6 Å². The summed E-state index contributed by atoms with van der Waals surface area (Å²) >= 11 is 0. The van der Waals surface area contributed by atoms with Crippen molar-refractivity contribution in [3.05, 3.63) is 65.7 Å². The van der Waals surface area contributed by atoms with Crippen LogP contribution in [0.2, 0.25) is 0 Å². The second-order valence-electron chi connectivity index (χ2n) is 6.51. The Morgan fingerprint density at radius 3 is 2.76 bits per heavy atom. The van der Waals surface area contributed by atoms with Crippen molar-refractivity contribution in [3.63, 3.8) is 0 Å². The maximum absolute atomic E-state index is 14.2. The molecule has 1 saturated heterocycles. The van der Waals surface area contributed by atoms with Crippen molar-refractivity contribution in [2.75, 3.05) is 6.54 Å². The number of aromatic nitrogens is 2. The summed E-state index contributed by atoms with van der Waals surface area (Å²) < 4.78 is 16.3. The SMILES string of the molecule is CC(=O)N1CCC[C@@H]1c1nc2ccccc2n1Cc1ccccc1F. The molecule has 1 aliphatic heterocycles. The van der Waals surface area contributed by atoms with E-state index in [1.54, 1.807) is 19.1 Å². The van der Waals surface area contributed by atoms with Crippen LogP contribution in [-0.2, 0) is 11.3 Å². The predicted molar refractivity (Wildman–Crippen MR) is 94.6 cm³/mol. The number of nitrogens with zero attached hydrogens (tertiary/aromatic N) is 3. The zero-order chi connectivity index (χ0) is 17.4. The van der Waals surface area contributed by atoms with Crippen LogP contribution in [-0.4, -0.2) is 26.9 Å². The molecule has 1 aliphatic rings. The fourth-order valence-electron chi connectivity index (χ4n) is 3.72. The normalized spacial score (nSPS) is 17.4. The van der Waals surface area contributed by atoms with E-state index in [1.807, 2.05) is 35.2 Å². The molecule has 128 valence electrons. The molecule has 1 atom stereocenters. The van der Waals surface area contributed by atoms with Gasteiger partial charge in [0.2, 0.25) is 5.91 Å². The molecule has 5 heteroatoms. The van der Waals surface area contributed by atoms with Gasteiger partial charge in [-0.1, -0.05) is 30.3 Å². The summed E-state index contributed by atoms with van der Waals surface area (Å²) in [5, 5.41) is 0. The molecule has 0 spiro atoms. The lowest BCUT2D eigenvalue weighted by atomic mass is 10.1. The third-order valence-electron chi connectivity index (χ3n) is 4.93. The lowest BCUT2D eigenvalue weighted by Gasteiger charge is -2.24. The third-order valence-corrected chi connectivity index (χ3v) is 4.93. The van der Waals surface area contributed by atoms with E-state index in [2.05, 4.69) is 4.57 Å². The van der Waals surface area contributed by atoms with Gasteiger partial charge in [-0.25, -0.2) is 9.37 Å². The van der Waals surface area contributed by atoms with Gasteiger partial charge in [0, 0.05) is 19.0 Å². The summed E-state index contributed by atoms with van der Waals surface area (Å²) in [5.41, 5.74) is 2.47. The number of carbonyl (C=O) groups excluding carboxylic acids is 1. The Kier molecular flexibility index (Phi) is 3.99. The van der Waals surface area contributed by atoms with Crippen LogP contribution in [0.15, 0.2) is 48.5 Å². The zero-order valence-corrected chi connectivity index (χ0v) is 14.2. The largest absolute Gasteiger partial charge is 0.333 e. The molecule has 1 aromatic heterocycles. The van der Waals surface area contributed by atoms with Crippen molar-refractivity contribution in [2.45, 2.75) is 32.4 Å². The molecule has 0 bridgehead atoms. The van der Waals surface area contributed by atoms with Crippen molar-refractivity contribution in [1.82, 2.24) is 14.5 Å². The van der Waals surface area contributed by atoms with Gasteiger partial charge in [0.05, 0.1) is 23.6 Å². The van der Waals surface area contributed by atoms with Gasteiger partial charge in [-0.15, -0.1) is 0 Å². The number of para-hydroxylation sites is 2. The maximum Gasteiger partial charge on any atom is 0.220 e. The minimum Gasteiger partial charge on any atom is -0.333 e. The molecule has 0 aliphatic carbocycles. The number of amides is 1. The first-order valence-corrected chi connectivity index (χ1v) is 8.61. The number of halogens is 1. The Bertz CT molecular complexity index is 934. The van der Waals surface area contributed by atoms with Crippen molar-refractivity contribution in [2.24, 2.45) is 0 Å². The summed E-state index contributed by atoms with van der Waals surface area (Å²) in [6.45, 7) is 2.76. The number of carbonyl (C=O) groups is 1. The summed E-state index contributed by atoms with van der Waals surface area (Å²) in [4.78, 5) is 18.7. The number of rotatable bonds is 3.